The molecule has 2 fully saturated rings. The third-order valence-electron chi connectivity index (χ3n) is 12.0. The first kappa shape index (κ1) is 56.8. The van der Waals surface area contributed by atoms with Crippen LogP contribution in [-0.4, -0.2) is 118 Å². The van der Waals surface area contributed by atoms with E-state index in [2.05, 4.69) is 26.3 Å². The van der Waals surface area contributed by atoms with Gasteiger partial charge in [-0.25, -0.2) is 14.3 Å². The van der Waals surface area contributed by atoms with E-state index in [0.717, 1.165) is 71.2 Å². The fraction of sp³-hybridized carbons (Fsp3) is 0.538. The zero-order valence-electron chi connectivity index (χ0n) is 43.2. The number of hydrogen-bond acceptors (Lipinski definition) is 17. The van der Waals surface area contributed by atoms with Crippen molar-refractivity contribution in [2.45, 2.75) is 168 Å². The predicted molar refractivity (Wildman–Crippen MR) is 261 cm³/mol. The van der Waals surface area contributed by atoms with Crippen LogP contribution in [0, 0.1) is 13.8 Å². The van der Waals surface area contributed by atoms with Gasteiger partial charge in [-0.1, -0.05) is 54.8 Å². The molecule has 396 valence electrons. The van der Waals surface area contributed by atoms with E-state index in [-0.39, 0.29) is 36.7 Å². The summed E-state index contributed by atoms with van der Waals surface area (Å²) in [6.45, 7) is 12.4. The van der Waals surface area contributed by atoms with Crippen molar-refractivity contribution in [2.24, 2.45) is 0 Å². The number of nitrogens with one attached hydrogen (secondary N) is 3. The first-order valence-electron chi connectivity index (χ1n) is 24.2. The van der Waals surface area contributed by atoms with Gasteiger partial charge in [-0.15, -0.1) is 5.10 Å². The van der Waals surface area contributed by atoms with Gasteiger partial charge in [0.25, 0.3) is 5.91 Å². The van der Waals surface area contributed by atoms with Crippen molar-refractivity contribution in [1.82, 2.24) is 30.9 Å². The average Bonchev–Trinajstić information content (AvgIpc) is 3.78. The lowest BCUT2D eigenvalue weighted by Crippen LogP contribution is -2.69. The van der Waals surface area contributed by atoms with Gasteiger partial charge in [0, 0.05) is 64.8 Å². The Morgan fingerprint density at radius 3 is 2.19 bits per heavy atom. The summed E-state index contributed by atoms with van der Waals surface area (Å²) in [5.41, 5.74) is 0.508. The molecule has 1 aliphatic carbocycles. The highest BCUT2D eigenvalue weighted by molar-refractivity contribution is 5.95. The zero-order valence-corrected chi connectivity index (χ0v) is 43.2. The van der Waals surface area contributed by atoms with E-state index in [4.69, 9.17) is 33.2 Å². The molecular formula is C52H68N6O15. The van der Waals surface area contributed by atoms with E-state index >= 15 is 0 Å². The second-order valence-electron chi connectivity index (χ2n) is 19.4. The number of esters is 5. The Morgan fingerprint density at radius 1 is 0.890 bits per heavy atom. The fourth-order valence-electron chi connectivity index (χ4n) is 9.05. The van der Waals surface area contributed by atoms with Gasteiger partial charge in [-0.2, -0.15) is 0 Å². The van der Waals surface area contributed by atoms with E-state index in [9.17, 15) is 38.4 Å². The predicted octanol–water partition coefficient (Wildman–Crippen LogP) is 5.41. The largest absolute Gasteiger partial charge is 0.467 e. The molecule has 3 amide bonds. The highest BCUT2D eigenvalue weighted by atomic mass is 16.6. The molecule has 6 atom stereocenters. The number of methoxy groups -OCH3 is 1. The summed E-state index contributed by atoms with van der Waals surface area (Å²) >= 11 is 0. The summed E-state index contributed by atoms with van der Waals surface area (Å²) in [6, 6.07) is 8.72. The van der Waals surface area contributed by atoms with Gasteiger partial charge in [0.2, 0.25) is 5.91 Å². The first-order chi connectivity index (χ1) is 34.4. The van der Waals surface area contributed by atoms with Gasteiger partial charge in [0.1, 0.15) is 30.1 Å². The highest BCUT2D eigenvalue weighted by Crippen LogP contribution is 2.39. The minimum atomic E-state index is -2.03. The number of ether oxygens (including phenoxy) is 7. The van der Waals surface area contributed by atoms with Crippen LogP contribution in [0.5, 0.6) is 5.75 Å². The number of carbonyl (C=O) groups is 8. The van der Waals surface area contributed by atoms with E-state index < -0.39 is 102 Å². The van der Waals surface area contributed by atoms with Crippen LogP contribution >= 0.6 is 0 Å². The van der Waals surface area contributed by atoms with E-state index in [0.29, 0.717) is 16.7 Å². The lowest BCUT2D eigenvalue weighted by Gasteiger charge is -2.49. The molecule has 1 aromatic heterocycles. The summed E-state index contributed by atoms with van der Waals surface area (Å²) in [7, 11) is 1.13. The Balaban J connectivity index is 1.55. The smallest absolute Gasteiger partial charge is 0.407 e. The van der Waals surface area contributed by atoms with Crippen molar-refractivity contribution in [1.29, 1.82) is 0 Å². The maximum atomic E-state index is 14.3. The third-order valence-corrected chi connectivity index (χ3v) is 12.0. The molecule has 2 aliphatic rings. The van der Waals surface area contributed by atoms with E-state index in [1.807, 2.05) is 0 Å². The quantitative estimate of drug-likeness (QED) is 0.0770. The Bertz CT molecular complexity index is 2500. The number of amides is 3. The number of benzene rings is 2. The van der Waals surface area contributed by atoms with Gasteiger partial charge in [0.05, 0.1) is 25.4 Å². The fourth-order valence-corrected chi connectivity index (χ4v) is 9.05. The number of aryl methyl sites for hydroxylation is 2. The molecule has 3 aromatic rings. The van der Waals surface area contributed by atoms with Crippen molar-refractivity contribution < 1.29 is 71.5 Å². The monoisotopic (exact) mass is 1020 g/mol. The van der Waals surface area contributed by atoms with E-state index in [1.54, 1.807) is 77.2 Å². The van der Waals surface area contributed by atoms with Crippen LogP contribution in [0.4, 0.5) is 4.79 Å². The molecule has 1 saturated carbocycles. The summed E-state index contributed by atoms with van der Waals surface area (Å²) in [5, 5.41) is 16.8. The van der Waals surface area contributed by atoms with Crippen LogP contribution in [0.2, 0.25) is 0 Å². The molecule has 21 heteroatoms. The number of alkyl carbamates (subject to hydrolysis) is 1. The van der Waals surface area contributed by atoms with Crippen molar-refractivity contribution in [3.05, 3.63) is 82.2 Å². The molecule has 1 saturated heterocycles. The Morgan fingerprint density at radius 2 is 1.58 bits per heavy atom. The Kier molecular flexibility index (Phi) is 19.8. The van der Waals surface area contributed by atoms with Crippen molar-refractivity contribution in [3.63, 3.8) is 0 Å². The standard InChI is InChI=1S/C52H68N6O15/c1-30-22-39(23-31(2)45(30)70-34(5)61)48(64)53-27-42(69-33(4)60)46(71-35(6)62)47-44(55-43(63)29-58-28-40(56-57-58)38-19-12-11-13-20-38)41(68-32(3)59)25-52(72-47,49(65)67-10)21-15-18-36-16-14-17-37(24-36)26-54-50(66)73-51(7,8)9/h14-18,22-24,28,38,41-42,44,46-47H,11-13,19-21,25-27,29H2,1-10H3,(H,53,64)(H,54,66)(H,55,63)/b18-15+/t41-,42?,44?,46+,47+,52+/m0/s1. The highest BCUT2D eigenvalue weighted by Gasteiger charge is 2.57. The summed E-state index contributed by atoms with van der Waals surface area (Å²) in [5.74, 6) is -4.92. The van der Waals surface area contributed by atoms with Gasteiger partial charge in [0.15, 0.2) is 17.8 Å². The summed E-state index contributed by atoms with van der Waals surface area (Å²) in [6.07, 6.45) is 2.50. The average molecular weight is 1020 g/mol. The molecular weight excluding hydrogens is 949 g/mol. The van der Waals surface area contributed by atoms with Crippen molar-refractivity contribution in [2.75, 3.05) is 13.7 Å². The maximum absolute atomic E-state index is 14.3. The molecule has 0 radical (unpaired) electrons. The minimum Gasteiger partial charge on any atom is -0.467 e. The summed E-state index contributed by atoms with van der Waals surface area (Å²) in [4.78, 5) is 106. The number of hydrogen-bond donors (Lipinski definition) is 3. The molecule has 3 N–H and O–H groups in total. The zero-order chi connectivity index (χ0) is 53.6. The van der Waals surface area contributed by atoms with Crippen molar-refractivity contribution in [3.8, 4) is 5.75 Å². The number of rotatable bonds is 19. The first-order valence-corrected chi connectivity index (χ1v) is 24.2. The SMILES string of the molecule is COC(=O)[C@@]1(C/C=C/c2cccc(CNC(=O)OC(C)(C)C)c2)C[C@H](OC(C)=O)C(NC(=O)Cn2cc(C3CCCCC3)nn2)[C@H]([C@H](OC(C)=O)C(CNC(=O)c2cc(C)c(OC(C)=O)c(C)c2)OC(C)=O)O1. The normalized spacial score (nSPS) is 19.9. The van der Waals surface area contributed by atoms with Crippen LogP contribution in [0.15, 0.2) is 48.7 Å². The maximum Gasteiger partial charge on any atom is 0.407 e. The number of nitrogens with zero attached hydrogens (tertiary/aromatic N) is 3. The van der Waals surface area contributed by atoms with Crippen LogP contribution in [-0.2, 0) is 70.3 Å². The number of carbonyl (C=O) groups excluding carboxylic acids is 8. The minimum absolute atomic E-state index is 0.145. The Labute approximate surface area is 424 Å². The topological polar surface area (TPSA) is 268 Å². The van der Waals surface area contributed by atoms with Gasteiger partial charge < -0.3 is 49.1 Å². The molecule has 1 aliphatic heterocycles. The molecule has 2 heterocycles. The molecule has 0 spiro atoms. The second kappa shape index (κ2) is 25.5. The third kappa shape index (κ3) is 16.7. The van der Waals surface area contributed by atoms with Crippen LogP contribution < -0.4 is 20.7 Å². The number of aromatic nitrogens is 3. The van der Waals surface area contributed by atoms with Crippen LogP contribution in [0.3, 0.4) is 0 Å². The van der Waals surface area contributed by atoms with Crippen LogP contribution in [0.25, 0.3) is 6.08 Å². The van der Waals surface area contributed by atoms with Crippen LogP contribution in [0.1, 0.15) is 138 Å². The summed E-state index contributed by atoms with van der Waals surface area (Å²) < 4.78 is 41.8. The van der Waals surface area contributed by atoms with Gasteiger partial charge in [-0.3, -0.25) is 28.8 Å². The molecule has 5 rings (SSSR count). The lowest BCUT2D eigenvalue weighted by molar-refractivity contribution is -0.239. The van der Waals surface area contributed by atoms with Gasteiger partial charge >= 0.3 is 35.9 Å². The van der Waals surface area contributed by atoms with Crippen molar-refractivity contribution >= 4 is 53.8 Å². The van der Waals surface area contributed by atoms with Gasteiger partial charge in [-0.05, 0) is 87.9 Å². The molecule has 2 unspecified atom stereocenters. The molecule has 21 nitrogen and oxygen atoms in total. The molecule has 2 aromatic carbocycles. The lowest BCUT2D eigenvalue weighted by atomic mass is 9.81. The van der Waals surface area contributed by atoms with E-state index in [1.165, 1.54) is 23.7 Å². The Hall–Kier alpha value is -7.16. The molecule has 0 bridgehead atoms. The molecule has 73 heavy (non-hydrogen) atoms. The second-order valence-corrected chi connectivity index (χ2v) is 19.4.